The van der Waals surface area contributed by atoms with Crippen LogP contribution in [0.1, 0.15) is 25.3 Å². The van der Waals surface area contributed by atoms with Gasteiger partial charge < -0.3 is 10.6 Å². The first-order valence-electron chi connectivity index (χ1n) is 6.39. The molecule has 20 heavy (non-hydrogen) atoms. The number of amides is 1. The van der Waals surface area contributed by atoms with Crippen LogP contribution in [0.3, 0.4) is 0 Å². The van der Waals surface area contributed by atoms with E-state index in [9.17, 15) is 9.18 Å². The highest BCUT2D eigenvalue weighted by molar-refractivity contribution is 9.10. The van der Waals surface area contributed by atoms with Gasteiger partial charge in [-0.05, 0) is 31.9 Å². The second-order valence-electron chi connectivity index (χ2n) is 5.06. The number of rotatable bonds is 2. The van der Waals surface area contributed by atoms with E-state index in [2.05, 4.69) is 15.9 Å². The molecule has 1 aliphatic heterocycles. The Balaban J connectivity index is 2.34. The summed E-state index contributed by atoms with van der Waals surface area (Å²) >= 11 is 3.25. The van der Waals surface area contributed by atoms with Gasteiger partial charge in [0.1, 0.15) is 17.4 Å². The van der Waals surface area contributed by atoms with Gasteiger partial charge >= 0.3 is 0 Å². The van der Waals surface area contributed by atoms with Gasteiger partial charge in [-0.3, -0.25) is 4.79 Å². The summed E-state index contributed by atoms with van der Waals surface area (Å²) in [6.45, 7) is 2.54. The van der Waals surface area contributed by atoms with Crippen molar-refractivity contribution in [3.05, 3.63) is 28.0 Å². The summed E-state index contributed by atoms with van der Waals surface area (Å²) in [5, 5.41) is 9.14. The normalized spacial score (nSPS) is 22.4. The highest BCUT2D eigenvalue weighted by atomic mass is 79.9. The van der Waals surface area contributed by atoms with Crippen LogP contribution in [0.25, 0.3) is 0 Å². The molecule has 0 spiro atoms. The topological polar surface area (TPSA) is 70.1 Å². The highest BCUT2D eigenvalue weighted by Gasteiger charge is 2.30. The first kappa shape index (κ1) is 14.8. The zero-order valence-corrected chi connectivity index (χ0v) is 12.7. The Labute approximate surface area is 125 Å². The van der Waals surface area contributed by atoms with Crippen LogP contribution in [0.5, 0.6) is 0 Å². The highest BCUT2D eigenvalue weighted by Crippen LogP contribution is 2.33. The minimum absolute atomic E-state index is 0.0297. The Hall–Kier alpha value is -1.61. The second-order valence-corrected chi connectivity index (χ2v) is 5.98. The Morgan fingerprint density at radius 2 is 2.30 bits per heavy atom. The molecule has 106 valence electrons. The number of primary amides is 1. The van der Waals surface area contributed by atoms with E-state index in [-0.39, 0.29) is 23.4 Å². The molecule has 4 nitrogen and oxygen atoms in total. The summed E-state index contributed by atoms with van der Waals surface area (Å²) in [6.07, 6.45) is 1.24. The van der Waals surface area contributed by atoms with Gasteiger partial charge in [0.05, 0.1) is 5.69 Å². The van der Waals surface area contributed by atoms with Gasteiger partial charge in [0.25, 0.3) is 0 Å². The Morgan fingerprint density at radius 1 is 1.60 bits per heavy atom. The molecule has 0 aromatic heterocycles. The molecule has 0 aliphatic carbocycles. The van der Waals surface area contributed by atoms with E-state index >= 15 is 0 Å². The van der Waals surface area contributed by atoms with Crippen LogP contribution in [0.2, 0.25) is 0 Å². The number of hydrogen-bond acceptors (Lipinski definition) is 3. The maximum atomic E-state index is 13.8. The third-order valence-corrected chi connectivity index (χ3v) is 4.19. The molecule has 1 amide bonds. The molecule has 1 fully saturated rings. The molecule has 2 unspecified atom stereocenters. The number of halogens is 2. The number of nitrogens with two attached hydrogens (primary N) is 1. The maximum absolute atomic E-state index is 13.8. The molecule has 1 aliphatic rings. The largest absolute Gasteiger partial charge is 0.369 e. The van der Waals surface area contributed by atoms with E-state index < -0.39 is 5.82 Å². The molecular formula is C14H15BrFN3O. The molecule has 0 bridgehead atoms. The summed E-state index contributed by atoms with van der Waals surface area (Å²) in [5.74, 6) is -0.984. The van der Waals surface area contributed by atoms with Gasteiger partial charge in [-0.1, -0.05) is 15.9 Å². The average molecular weight is 340 g/mol. The van der Waals surface area contributed by atoms with Gasteiger partial charge in [-0.25, -0.2) is 4.39 Å². The summed E-state index contributed by atoms with van der Waals surface area (Å²) in [7, 11) is 0. The van der Waals surface area contributed by atoms with Gasteiger partial charge in [0, 0.05) is 23.0 Å². The maximum Gasteiger partial charge on any atom is 0.220 e. The average Bonchev–Trinajstić information content (AvgIpc) is 2.37. The van der Waals surface area contributed by atoms with E-state index in [4.69, 9.17) is 11.0 Å². The summed E-state index contributed by atoms with van der Waals surface area (Å²) in [4.78, 5) is 13.2. The molecule has 2 rings (SSSR count). The number of piperidine rings is 1. The standard InChI is InChI=1S/C14H15BrFN3O/c1-8-4-9(14(18)20)2-3-19(8)13-6-10(15)5-12(16)11(13)7-17/h5-6,8-9H,2-4H2,1H3,(H2,18,20). The van der Waals surface area contributed by atoms with E-state index in [1.54, 1.807) is 6.07 Å². The molecule has 1 aromatic rings. The lowest BCUT2D eigenvalue weighted by molar-refractivity contribution is -0.122. The van der Waals surface area contributed by atoms with E-state index in [1.807, 2.05) is 17.9 Å². The van der Waals surface area contributed by atoms with E-state index in [0.29, 0.717) is 29.5 Å². The van der Waals surface area contributed by atoms with Gasteiger partial charge in [-0.15, -0.1) is 0 Å². The number of carbonyl (C=O) groups is 1. The van der Waals surface area contributed by atoms with Crippen LogP contribution >= 0.6 is 15.9 Å². The van der Waals surface area contributed by atoms with Crippen molar-refractivity contribution in [1.29, 1.82) is 5.26 Å². The van der Waals surface area contributed by atoms with Crippen LogP contribution < -0.4 is 10.6 Å². The monoisotopic (exact) mass is 339 g/mol. The molecule has 1 heterocycles. The van der Waals surface area contributed by atoms with Gasteiger partial charge in [-0.2, -0.15) is 5.26 Å². The molecule has 0 radical (unpaired) electrons. The predicted molar refractivity (Wildman–Crippen MR) is 77.5 cm³/mol. The number of benzene rings is 1. The summed E-state index contributed by atoms with van der Waals surface area (Å²) in [5.41, 5.74) is 5.94. The van der Waals surface area contributed by atoms with Crippen molar-refractivity contribution in [2.75, 3.05) is 11.4 Å². The van der Waals surface area contributed by atoms with Crippen molar-refractivity contribution < 1.29 is 9.18 Å². The molecular weight excluding hydrogens is 325 g/mol. The fraction of sp³-hybridized carbons (Fsp3) is 0.429. The van der Waals surface area contributed by atoms with Crippen molar-refractivity contribution in [3.63, 3.8) is 0 Å². The van der Waals surface area contributed by atoms with Crippen LogP contribution in [-0.4, -0.2) is 18.5 Å². The second kappa shape index (κ2) is 5.80. The Bertz CT molecular complexity index is 585. The number of nitriles is 1. The Morgan fingerprint density at radius 3 is 2.85 bits per heavy atom. The van der Waals surface area contributed by atoms with Crippen LogP contribution in [0.4, 0.5) is 10.1 Å². The van der Waals surface area contributed by atoms with Crippen molar-refractivity contribution >= 4 is 27.5 Å². The lowest BCUT2D eigenvalue weighted by Gasteiger charge is -2.38. The SMILES string of the molecule is CC1CC(C(N)=O)CCN1c1cc(Br)cc(F)c1C#N. The molecule has 2 N–H and O–H groups in total. The number of carbonyl (C=O) groups excluding carboxylic acids is 1. The molecule has 2 atom stereocenters. The summed E-state index contributed by atoms with van der Waals surface area (Å²) < 4.78 is 14.4. The third kappa shape index (κ3) is 2.78. The van der Waals surface area contributed by atoms with Crippen LogP contribution in [0, 0.1) is 23.1 Å². The first-order chi connectivity index (χ1) is 9.43. The third-order valence-electron chi connectivity index (χ3n) is 3.73. The number of nitrogens with zero attached hydrogens (tertiary/aromatic N) is 2. The van der Waals surface area contributed by atoms with Crippen LogP contribution in [-0.2, 0) is 4.79 Å². The van der Waals surface area contributed by atoms with Crippen molar-refractivity contribution in [2.24, 2.45) is 11.7 Å². The van der Waals surface area contributed by atoms with E-state index in [1.165, 1.54) is 6.07 Å². The number of anilines is 1. The molecule has 0 saturated carbocycles. The van der Waals surface area contributed by atoms with Gasteiger partial charge in [0.15, 0.2) is 0 Å². The van der Waals surface area contributed by atoms with Crippen LogP contribution in [0.15, 0.2) is 16.6 Å². The fourth-order valence-corrected chi connectivity index (χ4v) is 3.10. The summed E-state index contributed by atoms with van der Waals surface area (Å²) in [6, 6.07) is 4.96. The minimum Gasteiger partial charge on any atom is -0.369 e. The predicted octanol–water partition coefficient (Wildman–Crippen LogP) is 2.55. The van der Waals surface area contributed by atoms with Crippen molar-refractivity contribution in [2.45, 2.75) is 25.8 Å². The molecule has 1 saturated heterocycles. The number of hydrogen-bond donors (Lipinski definition) is 1. The quantitative estimate of drug-likeness (QED) is 0.899. The first-order valence-corrected chi connectivity index (χ1v) is 7.18. The lowest BCUT2D eigenvalue weighted by Crippen LogP contribution is -2.44. The molecule has 1 aromatic carbocycles. The zero-order chi connectivity index (χ0) is 14.9. The molecule has 6 heteroatoms. The fourth-order valence-electron chi connectivity index (χ4n) is 2.69. The van der Waals surface area contributed by atoms with Crippen molar-refractivity contribution in [3.8, 4) is 6.07 Å². The zero-order valence-electron chi connectivity index (χ0n) is 11.1. The minimum atomic E-state index is -0.541. The Kier molecular flexibility index (Phi) is 4.29. The smallest absolute Gasteiger partial charge is 0.220 e. The van der Waals surface area contributed by atoms with E-state index in [0.717, 1.165) is 0 Å². The van der Waals surface area contributed by atoms with Gasteiger partial charge in [0.2, 0.25) is 5.91 Å². The van der Waals surface area contributed by atoms with Crippen molar-refractivity contribution in [1.82, 2.24) is 0 Å². The lowest BCUT2D eigenvalue weighted by atomic mass is 9.90.